The second-order valence-corrected chi connectivity index (χ2v) is 4.57. The molecule has 0 bridgehead atoms. The third-order valence-electron chi connectivity index (χ3n) is 2.52. The van der Waals surface area contributed by atoms with E-state index in [-0.39, 0.29) is 0 Å². The SMILES string of the molecule is CCC(O)C(O)Cc1ccc(OC)c(Br)c1. The molecule has 0 aliphatic heterocycles. The van der Waals surface area contributed by atoms with E-state index < -0.39 is 12.2 Å². The zero-order valence-electron chi connectivity index (χ0n) is 9.48. The molecular weight excluding hydrogens is 272 g/mol. The lowest BCUT2D eigenvalue weighted by Gasteiger charge is -2.16. The molecule has 3 nitrogen and oxygen atoms in total. The zero-order valence-corrected chi connectivity index (χ0v) is 11.1. The van der Waals surface area contributed by atoms with Crippen molar-refractivity contribution >= 4 is 15.9 Å². The minimum atomic E-state index is -0.717. The number of aliphatic hydroxyl groups excluding tert-OH is 2. The third kappa shape index (κ3) is 3.47. The first-order chi connectivity index (χ1) is 7.58. The molecule has 0 spiro atoms. The van der Waals surface area contributed by atoms with Gasteiger partial charge in [0.1, 0.15) is 5.75 Å². The Morgan fingerprint density at radius 3 is 2.50 bits per heavy atom. The average molecular weight is 289 g/mol. The summed E-state index contributed by atoms with van der Waals surface area (Å²) in [5.41, 5.74) is 0.965. The molecule has 0 aliphatic carbocycles. The molecule has 90 valence electrons. The number of rotatable bonds is 5. The van der Waals surface area contributed by atoms with E-state index in [2.05, 4.69) is 15.9 Å². The van der Waals surface area contributed by atoms with Crippen molar-refractivity contribution in [2.45, 2.75) is 32.0 Å². The average Bonchev–Trinajstić information content (AvgIpc) is 2.28. The Balaban J connectivity index is 2.71. The summed E-state index contributed by atoms with van der Waals surface area (Å²) in [6.45, 7) is 1.85. The minimum absolute atomic E-state index is 0.442. The Morgan fingerprint density at radius 1 is 1.31 bits per heavy atom. The van der Waals surface area contributed by atoms with Gasteiger partial charge in [-0.2, -0.15) is 0 Å². The molecule has 2 unspecified atom stereocenters. The number of ether oxygens (including phenoxy) is 1. The van der Waals surface area contributed by atoms with E-state index in [0.29, 0.717) is 12.8 Å². The Kier molecular flexibility index (Phi) is 5.25. The lowest BCUT2D eigenvalue weighted by atomic mass is 10.0. The van der Waals surface area contributed by atoms with Gasteiger partial charge in [-0.1, -0.05) is 13.0 Å². The van der Waals surface area contributed by atoms with Gasteiger partial charge in [0.2, 0.25) is 0 Å². The lowest BCUT2D eigenvalue weighted by molar-refractivity contribution is 0.0181. The molecule has 0 saturated carbocycles. The van der Waals surface area contributed by atoms with Gasteiger partial charge < -0.3 is 14.9 Å². The van der Waals surface area contributed by atoms with Crippen LogP contribution in [0.15, 0.2) is 22.7 Å². The van der Waals surface area contributed by atoms with Crippen molar-refractivity contribution in [2.24, 2.45) is 0 Å². The molecule has 0 aromatic heterocycles. The Morgan fingerprint density at radius 2 is 2.00 bits per heavy atom. The second-order valence-electron chi connectivity index (χ2n) is 3.72. The fraction of sp³-hybridized carbons (Fsp3) is 0.500. The van der Waals surface area contributed by atoms with Crippen molar-refractivity contribution in [3.8, 4) is 5.75 Å². The highest BCUT2D eigenvalue weighted by atomic mass is 79.9. The van der Waals surface area contributed by atoms with Gasteiger partial charge in [0.15, 0.2) is 0 Å². The van der Waals surface area contributed by atoms with Crippen LogP contribution in [0.3, 0.4) is 0 Å². The first kappa shape index (κ1) is 13.5. The lowest BCUT2D eigenvalue weighted by Crippen LogP contribution is -2.27. The molecule has 1 rings (SSSR count). The summed E-state index contributed by atoms with van der Waals surface area (Å²) in [6, 6.07) is 5.62. The molecule has 16 heavy (non-hydrogen) atoms. The zero-order chi connectivity index (χ0) is 12.1. The summed E-state index contributed by atoms with van der Waals surface area (Å²) < 4.78 is 5.97. The summed E-state index contributed by atoms with van der Waals surface area (Å²) in [5, 5.41) is 19.2. The normalized spacial score (nSPS) is 14.6. The van der Waals surface area contributed by atoms with Crippen molar-refractivity contribution in [2.75, 3.05) is 7.11 Å². The smallest absolute Gasteiger partial charge is 0.133 e. The van der Waals surface area contributed by atoms with E-state index in [9.17, 15) is 10.2 Å². The van der Waals surface area contributed by atoms with Gasteiger partial charge in [0.05, 0.1) is 23.8 Å². The van der Waals surface area contributed by atoms with Crippen LogP contribution in [-0.2, 0) is 6.42 Å². The summed E-state index contributed by atoms with van der Waals surface area (Å²) in [4.78, 5) is 0. The summed E-state index contributed by atoms with van der Waals surface area (Å²) in [7, 11) is 1.61. The summed E-state index contributed by atoms with van der Waals surface area (Å²) in [6.07, 6.45) is -0.387. The Labute approximate surface area is 104 Å². The predicted molar refractivity (Wildman–Crippen MR) is 66.7 cm³/mol. The molecule has 2 N–H and O–H groups in total. The van der Waals surface area contributed by atoms with Gasteiger partial charge in [-0.05, 0) is 40.0 Å². The third-order valence-corrected chi connectivity index (χ3v) is 3.14. The molecule has 0 fully saturated rings. The van der Waals surface area contributed by atoms with Crippen molar-refractivity contribution in [3.05, 3.63) is 28.2 Å². The standard InChI is InChI=1S/C12H17BrO3/c1-3-10(14)11(15)7-8-4-5-12(16-2)9(13)6-8/h4-6,10-11,14-15H,3,7H2,1-2H3. The largest absolute Gasteiger partial charge is 0.496 e. The highest BCUT2D eigenvalue weighted by Crippen LogP contribution is 2.26. The van der Waals surface area contributed by atoms with Crippen LogP contribution < -0.4 is 4.74 Å². The van der Waals surface area contributed by atoms with Crippen LogP contribution in [0.1, 0.15) is 18.9 Å². The van der Waals surface area contributed by atoms with Crippen LogP contribution in [-0.4, -0.2) is 29.5 Å². The van der Waals surface area contributed by atoms with Gasteiger partial charge in [-0.25, -0.2) is 0 Å². The van der Waals surface area contributed by atoms with Gasteiger partial charge in [0.25, 0.3) is 0 Å². The highest BCUT2D eigenvalue weighted by molar-refractivity contribution is 9.10. The van der Waals surface area contributed by atoms with E-state index >= 15 is 0 Å². The minimum Gasteiger partial charge on any atom is -0.496 e. The van der Waals surface area contributed by atoms with E-state index in [1.807, 2.05) is 25.1 Å². The van der Waals surface area contributed by atoms with Crippen molar-refractivity contribution in [3.63, 3.8) is 0 Å². The summed E-state index contributed by atoms with van der Waals surface area (Å²) >= 11 is 3.38. The predicted octanol–water partition coefficient (Wildman–Crippen LogP) is 2.13. The van der Waals surface area contributed by atoms with Crippen molar-refractivity contribution in [1.29, 1.82) is 0 Å². The van der Waals surface area contributed by atoms with Crippen LogP contribution in [0.2, 0.25) is 0 Å². The van der Waals surface area contributed by atoms with Gasteiger partial charge >= 0.3 is 0 Å². The quantitative estimate of drug-likeness (QED) is 0.873. The highest BCUT2D eigenvalue weighted by Gasteiger charge is 2.15. The topological polar surface area (TPSA) is 49.7 Å². The van der Waals surface area contributed by atoms with Crippen LogP contribution in [0.25, 0.3) is 0 Å². The molecule has 0 amide bonds. The fourth-order valence-corrected chi connectivity index (χ4v) is 2.07. The van der Waals surface area contributed by atoms with Crippen LogP contribution in [0.4, 0.5) is 0 Å². The van der Waals surface area contributed by atoms with Gasteiger partial charge in [0, 0.05) is 6.42 Å². The molecule has 1 aromatic rings. The molecule has 1 aromatic carbocycles. The Bertz CT molecular complexity index is 341. The van der Waals surface area contributed by atoms with E-state index in [4.69, 9.17) is 4.74 Å². The van der Waals surface area contributed by atoms with Crippen LogP contribution in [0, 0.1) is 0 Å². The Hall–Kier alpha value is -0.580. The van der Waals surface area contributed by atoms with Crippen molar-refractivity contribution in [1.82, 2.24) is 0 Å². The van der Waals surface area contributed by atoms with E-state index in [1.54, 1.807) is 7.11 Å². The molecular formula is C12H17BrO3. The molecule has 0 heterocycles. The fourth-order valence-electron chi connectivity index (χ4n) is 1.49. The van der Waals surface area contributed by atoms with Gasteiger partial charge in [-0.15, -0.1) is 0 Å². The molecule has 4 heteroatoms. The first-order valence-corrected chi connectivity index (χ1v) is 6.06. The molecule has 0 aliphatic rings. The summed E-state index contributed by atoms with van der Waals surface area (Å²) in [5.74, 6) is 0.759. The van der Waals surface area contributed by atoms with Gasteiger partial charge in [-0.3, -0.25) is 0 Å². The van der Waals surface area contributed by atoms with Crippen molar-refractivity contribution < 1.29 is 14.9 Å². The number of aliphatic hydroxyl groups is 2. The number of hydrogen-bond donors (Lipinski definition) is 2. The molecule has 2 atom stereocenters. The van der Waals surface area contributed by atoms with E-state index in [0.717, 1.165) is 15.8 Å². The monoisotopic (exact) mass is 288 g/mol. The van der Waals surface area contributed by atoms with E-state index in [1.165, 1.54) is 0 Å². The number of methoxy groups -OCH3 is 1. The van der Waals surface area contributed by atoms with Crippen LogP contribution >= 0.6 is 15.9 Å². The van der Waals surface area contributed by atoms with Crippen LogP contribution in [0.5, 0.6) is 5.75 Å². The number of halogens is 1. The maximum atomic E-state index is 9.69. The number of hydrogen-bond acceptors (Lipinski definition) is 3. The first-order valence-electron chi connectivity index (χ1n) is 5.27. The second kappa shape index (κ2) is 6.23. The molecule has 0 radical (unpaired) electrons. The number of benzene rings is 1. The molecule has 0 saturated heterocycles. The maximum absolute atomic E-state index is 9.69. The maximum Gasteiger partial charge on any atom is 0.133 e.